The number of nitrogens with zero attached hydrogens (tertiary/aromatic N) is 1. The fourth-order valence-electron chi connectivity index (χ4n) is 1.73. The van der Waals surface area contributed by atoms with Gasteiger partial charge >= 0.3 is 0 Å². The van der Waals surface area contributed by atoms with Gasteiger partial charge in [0.1, 0.15) is 17.5 Å². The highest BCUT2D eigenvalue weighted by atomic mass is 19.1. The average molecular weight is 234 g/mol. The zero-order valence-corrected chi connectivity index (χ0v) is 9.79. The molecule has 4 N–H and O–H groups in total. The predicted octanol–water partition coefficient (Wildman–Crippen LogP) is 2.61. The van der Waals surface area contributed by atoms with E-state index in [2.05, 4.69) is 15.3 Å². The summed E-state index contributed by atoms with van der Waals surface area (Å²) >= 11 is 0. The molecule has 1 unspecified atom stereocenters. The Balaban J connectivity index is 2.20. The smallest absolute Gasteiger partial charge is 0.169 e. The fourth-order valence-corrected chi connectivity index (χ4v) is 1.73. The van der Waals surface area contributed by atoms with Crippen molar-refractivity contribution in [2.45, 2.75) is 19.9 Å². The number of nitrogens with one attached hydrogen (secondary N) is 2. The van der Waals surface area contributed by atoms with Crippen molar-refractivity contribution in [3.05, 3.63) is 41.5 Å². The Morgan fingerprint density at radius 2 is 2.12 bits per heavy atom. The third-order valence-electron chi connectivity index (χ3n) is 2.58. The predicted molar refractivity (Wildman–Crippen MR) is 66.2 cm³/mol. The lowest BCUT2D eigenvalue weighted by Crippen LogP contribution is -2.10. The van der Waals surface area contributed by atoms with Crippen molar-refractivity contribution < 1.29 is 4.39 Å². The summed E-state index contributed by atoms with van der Waals surface area (Å²) in [5.41, 5.74) is 6.32. The van der Waals surface area contributed by atoms with Crippen LogP contribution in [0.2, 0.25) is 0 Å². The molecule has 0 aliphatic heterocycles. The van der Waals surface area contributed by atoms with Crippen molar-refractivity contribution in [3.63, 3.8) is 0 Å². The molecule has 90 valence electrons. The average Bonchev–Trinajstić information content (AvgIpc) is 2.58. The Morgan fingerprint density at radius 1 is 1.41 bits per heavy atom. The number of benzene rings is 1. The maximum Gasteiger partial charge on any atom is 0.169 e. The van der Waals surface area contributed by atoms with Crippen LogP contribution in [0.15, 0.2) is 24.3 Å². The topological polar surface area (TPSA) is 66.7 Å². The quantitative estimate of drug-likeness (QED) is 0.764. The first-order valence-corrected chi connectivity index (χ1v) is 5.41. The van der Waals surface area contributed by atoms with E-state index in [-0.39, 0.29) is 11.9 Å². The van der Waals surface area contributed by atoms with Gasteiger partial charge in [0.05, 0.1) is 6.04 Å². The molecule has 1 atom stereocenters. The van der Waals surface area contributed by atoms with Gasteiger partial charge in [0.25, 0.3) is 0 Å². The second-order valence-electron chi connectivity index (χ2n) is 3.97. The summed E-state index contributed by atoms with van der Waals surface area (Å²) in [6, 6.07) is 6.45. The van der Waals surface area contributed by atoms with Gasteiger partial charge in [0.15, 0.2) is 5.82 Å². The van der Waals surface area contributed by atoms with Crippen LogP contribution in [0, 0.1) is 12.7 Å². The molecular formula is C12H15FN4. The van der Waals surface area contributed by atoms with Crippen LogP contribution in [0.4, 0.5) is 16.0 Å². The minimum absolute atomic E-state index is 0.193. The lowest BCUT2D eigenvalue weighted by Gasteiger charge is -2.14. The van der Waals surface area contributed by atoms with E-state index in [9.17, 15) is 4.39 Å². The minimum Gasteiger partial charge on any atom is -0.382 e. The van der Waals surface area contributed by atoms with E-state index >= 15 is 0 Å². The zero-order chi connectivity index (χ0) is 12.4. The summed E-state index contributed by atoms with van der Waals surface area (Å²) < 4.78 is 13.5. The van der Waals surface area contributed by atoms with Gasteiger partial charge in [0.2, 0.25) is 0 Å². The van der Waals surface area contributed by atoms with Gasteiger partial charge in [-0.3, -0.25) is 0 Å². The van der Waals surface area contributed by atoms with E-state index in [4.69, 9.17) is 5.73 Å². The normalized spacial score (nSPS) is 12.4. The Hall–Kier alpha value is -2.04. The first-order chi connectivity index (χ1) is 8.08. The second-order valence-corrected chi connectivity index (χ2v) is 3.97. The molecular weight excluding hydrogens is 219 g/mol. The highest BCUT2D eigenvalue weighted by molar-refractivity contribution is 5.57. The highest BCUT2D eigenvalue weighted by Crippen LogP contribution is 2.23. The van der Waals surface area contributed by atoms with Crippen molar-refractivity contribution in [2.24, 2.45) is 0 Å². The molecule has 17 heavy (non-hydrogen) atoms. The van der Waals surface area contributed by atoms with Crippen molar-refractivity contribution in [1.29, 1.82) is 0 Å². The van der Waals surface area contributed by atoms with Gasteiger partial charge in [-0.1, -0.05) is 18.2 Å². The molecule has 5 heteroatoms. The molecule has 0 saturated heterocycles. The lowest BCUT2D eigenvalue weighted by atomic mass is 10.1. The number of aryl methyl sites for hydroxylation is 1. The monoisotopic (exact) mass is 234 g/mol. The minimum atomic E-state index is -0.238. The first kappa shape index (κ1) is 11.4. The van der Waals surface area contributed by atoms with Crippen molar-refractivity contribution in [2.75, 3.05) is 11.1 Å². The molecule has 1 heterocycles. The molecule has 0 bridgehead atoms. The summed E-state index contributed by atoms with van der Waals surface area (Å²) in [5.74, 6) is 1.51. The third-order valence-corrected chi connectivity index (χ3v) is 2.58. The molecule has 2 rings (SSSR count). The third kappa shape index (κ3) is 2.38. The number of H-pyrrole nitrogens is 1. The molecule has 0 radical (unpaired) electrons. The van der Waals surface area contributed by atoms with E-state index < -0.39 is 0 Å². The van der Waals surface area contributed by atoms with Crippen LogP contribution in [0.5, 0.6) is 0 Å². The Bertz CT molecular complexity index is 521. The Kier molecular flexibility index (Phi) is 2.99. The van der Waals surface area contributed by atoms with Gasteiger partial charge in [-0.05, 0) is 19.9 Å². The summed E-state index contributed by atoms with van der Waals surface area (Å²) in [6.45, 7) is 3.68. The second kappa shape index (κ2) is 4.45. The van der Waals surface area contributed by atoms with Crippen molar-refractivity contribution >= 4 is 11.6 Å². The molecule has 1 aromatic carbocycles. The fraction of sp³-hybridized carbons (Fsp3) is 0.250. The zero-order valence-electron chi connectivity index (χ0n) is 9.79. The summed E-state index contributed by atoms with van der Waals surface area (Å²) in [7, 11) is 0. The van der Waals surface area contributed by atoms with Crippen LogP contribution in [0.1, 0.15) is 24.4 Å². The molecule has 0 fully saturated rings. The largest absolute Gasteiger partial charge is 0.382 e. The molecule has 0 saturated carbocycles. The number of nitrogens with two attached hydrogens (primary N) is 1. The number of halogens is 1. The summed E-state index contributed by atoms with van der Waals surface area (Å²) in [4.78, 5) is 7.08. The number of imidazole rings is 1. The SMILES string of the molecule is Cc1nc(NC(C)c2ccccc2F)c(N)[nH]1. The summed E-state index contributed by atoms with van der Waals surface area (Å²) in [6.07, 6.45) is 0. The molecule has 0 aliphatic carbocycles. The van der Waals surface area contributed by atoms with E-state index in [1.807, 2.05) is 13.8 Å². The number of aromatic nitrogens is 2. The molecule has 0 amide bonds. The number of nitrogen functional groups attached to an aromatic ring is 1. The molecule has 2 aromatic rings. The number of rotatable bonds is 3. The van der Waals surface area contributed by atoms with Crippen LogP contribution >= 0.6 is 0 Å². The van der Waals surface area contributed by atoms with Crippen LogP contribution in [-0.4, -0.2) is 9.97 Å². The summed E-state index contributed by atoms with van der Waals surface area (Å²) in [5, 5.41) is 3.08. The van der Waals surface area contributed by atoms with E-state index in [0.29, 0.717) is 17.2 Å². The lowest BCUT2D eigenvalue weighted by molar-refractivity contribution is 0.600. The van der Waals surface area contributed by atoms with E-state index in [0.717, 1.165) is 5.82 Å². The van der Waals surface area contributed by atoms with Gasteiger partial charge in [0, 0.05) is 5.56 Å². The van der Waals surface area contributed by atoms with Crippen LogP contribution in [-0.2, 0) is 0 Å². The molecule has 1 aromatic heterocycles. The standard InChI is InChI=1S/C12H15FN4/c1-7(9-5-3-4-6-10(9)13)15-12-11(14)16-8(2)17-12/h3-7,15H,14H2,1-2H3,(H,16,17). The van der Waals surface area contributed by atoms with Crippen molar-refractivity contribution in [3.8, 4) is 0 Å². The van der Waals surface area contributed by atoms with Crippen LogP contribution < -0.4 is 11.1 Å². The first-order valence-electron chi connectivity index (χ1n) is 5.41. The maximum atomic E-state index is 13.5. The molecule has 0 spiro atoms. The van der Waals surface area contributed by atoms with Crippen LogP contribution in [0.25, 0.3) is 0 Å². The number of aromatic amines is 1. The molecule has 4 nitrogen and oxygen atoms in total. The maximum absolute atomic E-state index is 13.5. The van der Waals surface area contributed by atoms with Gasteiger partial charge in [-0.15, -0.1) is 0 Å². The van der Waals surface area contributed by atoms with Gasteiger partial charge in [-0.25, -0.2) is 9.37 Å². The Morgan fingerprint density at radius 3 is 2.71 bits per heavy atom. The van der Waals surface area contributed by atoms with Crippen molar-refractivity contribution in [1.82, 2.24) is 9.97 Å². The number of hydrogen-bond acceptors (Lipinski definition) is 3. The van der Waals surface area contributed by atoms with E-state index in [1.54, 1.807) is 18.2 Å². The number of hydrogen-bond donors (Lipinski definition) is 3. The highest BCUT2D eigenvalue weighted by Gasteiger charge is 2.13. The number of anilines is 2. The van der Waals surface area contributed by atoms with Crippen LogP contribution in [0.3, 0.4) is 0 Å². The van der Waals surface area contributed by atoms with Gasteiger partial charge < -0.3 is 16.0 Å². The Labute approximate surface area is 99.1 Å². The van der Waals surface area contributed by atoms with Gasteiger partial charge in [-0.2, -0.15) is 0 Å². The molecule has 0 aliphatic rings. The van der Waals surface area contributed by atoms with E-state index in [1.165, 1.54) is 6.07 Å².